The Bertz CT molecular complexity index is 701. The van der Waals surface area contributed by atoms with Crippen LogP contribution in [-0.4, -0.2) is 29.9 Å². The summed E-state index contributed by atoms with van der Waals surface area (Å²) in [5.41, 5.74) is 2.54. The van der Waals surface area contributed by atoms with Gasteiger partial charge in [-0.1, -0.05) is 6.92 Å². The number of hydrogen-bond donors (Lipinski definition) is 0. The van der Waals surface area contributed by atoms with Crippen molar-refractivity contribution < 1.29 is 9.21 Å². The molecule has 1 saturated heterocycles. The summed E-state index contributed by atoms with van der Waals surface area (Å²) >= 11 is 0. The minimum atomic E-state index is -0.106. The Morgan fingerprint density at radius 2 is 2.13 bits per heavy atom. The number of furan rings is 1. The largest absolute Gasteiger partial charge is 0.472 e. The van der Waals surface area contributed by atoms with Gasteiger partial charge in [0.1, 0.15) is 0 Å². The molecule has 1 aliphatic heterocycles. The van der Waals surface area contributed by atoms with Crippen LogP contribution in [0, 0.1) is 11.3 Å². The molecule has 1 fully saturated rings. The van der Waals surface area contributed by atoms with Crippen molar-refractivity contribution in [3.63, 3.8) is 0 Å². The maximum atomic E-state index is 12.8. The molecule has 1 aliphatic rings. The molecule has 2 heterocycles. The molecule has 2 aromatic rings. The Morgan fingerprint density at radius 3 is 2.74 bits per heavy atom. The minimum Gasteiger partial charge on any atom is -0.472 e. The summed E-state index contributed by atoms with van der Waals surface area (Å²) in [5.74, 6) is 0.125. The third-order valence-corrected chi connectivity index (χ3v) is 4.30. The van der Waals surface area contributed by atoms with E-state index in [-0.39, 0.29) is 11.9 Å². The second-order valence-corrected chi connectivity index (χ2v) is 5.65. The van der Waals surface area contributed by atoms with Gasteiger partial charge >= 0.3 is 0 Å². The Morgan fingerprint density at radius 1 is 1.35 bits per heavy atom. The van der Waals surface area contributed by atoms with Gasteiger partial charge in [-0.3, -0.25) is 9.69 Å². The van der Waals surface area contributed by atoms with Crippen LogP contribution >= 0.6 is 0 Å². The van der Waals surface area contributed by atoms with E-state index >= 15 is 0 Å². The van der Waals surface area contributed by atoms with Crippen LogP contribution < -0.4 is 4.90 Å². The van der Waals surface area contributed by atoms with Gasteiger partial charge in [0.2, 0.25) is 5.91 Å². The van der Waals surface area contributed by atoms with Gasteiger partial charge in [0, 0.05) is 24.3 Å². The first kappa shape index (κ1) is 15.3. The predicted octanol–water partition coefficient (Wildman–Crippen LogP) is 2.78. The third kappa shape index (κ3) is 3.13. The van der Waals surface area contributed by atoms with Crippen LogP contribution in [0.25, 0.3) is 0 Å². The molecule has 1 unspecified atom stereocenters. The molecule has 1 aromatic carbocycles. The van der Waals surface area contributed by atoms with E-state index in [1.165, 1.54) is 0 Å². The van der Waals surface area contributed by atoms with E-state index in [9.17, 15) is 4.79 Å². The molecular weight excluding hydrogens is 290 g/mol. The lowest BCUT2D eigenvalue weighted by atomic mass is 10.2. The number of anilines is 1. The average Bonchev–Trinajstić information content (AvgIpc) is 3.22. The van der Waals surface area contributed by atoms with E-state index < -0.39 is 0 Å². The fraction of sp³-hybridized carbons (Fsp3) is 0.333. The Hall–Kier alpha value is -2.58. The smallest absolute Gasteiger partial charge is 0.244 e. The molecule has 5 heteroatoms. The highest BCUT2D eigenvalue weighted by Crippen LogP contribution is 2.25. The monoisotopic (exact) mass is 309 g/mol. The summed E-state index contributed by atoms with van der Waals surface area (Å²) in [7, 11) is 0. The maximum absolute atomic E-state index is 12.8. The molecule has 0 radical (unpaired) electrons. The molecule has 0 N–H and O–H groups in total. The standard InChI is InChI=1S/C18H19N3O2/c1-2-20(12-15-8-10-23-13-15)17-7-9-21(18(17)22)16-5-3-14(11-19)4-6-16/h3-6,8,10,13,17H,2,7,9,12H2,1H3. The number of nitrogens with zero attached hydrogens (tertiary/aromatic N) is 3. The van der Waals surface area contributed by atoms with Crippen LogP contribution in [-0.2, 0) is 11.3 Å². The molecule has 1 aromatic heterocycles. The SMILES string of the molecule is CCN(Cc1ccoc1)C1CCN(c2ccc(C#N)cc2)C1=O. The number of hydrogen-bond acceptors (Lipinski definition) is 4. The van der Waals surface area contributed by atoms with Crippen LogP contribution in [0.15, 0.2) is 47.3 Å². The van der Waals surface area contributed by atoms with Gasteiger partial charge in [-0.15, -0.1) is 0 Å². The van der Waals surface area contributed by atoms with Crippen molar-refractivity contribution in [1.82, 2.24) is 4.90 Å². The first-order valence-corrected chi connectivity index (χ1v) is 7.79. The zero-order chi connectivity index (χ0) is 16.2. The third-order valence-electron chi connectivity index (χ3n) is 4.30. The molecule has 118 valence electrons. The van der Waals surface area contributed by atoms with Crippen molar-refractivity contribution in [3.8, 4) is 6.07 Å². The topological polar surface area (TPSA) is 60.5 Å². The molecule has 5 nitrogen and oxygen atoms in total. The molecule has 0 bridgehead atoms. The second-order valence-electron chi connectivity index (χ2n) is 5.65. The summed E-state index contributed by atoms with van der Waals surface area (Å²) in [5, 5.41) is 8.87. The number of carbonyl (C=O) groups excluding carboxylic acids is 1. The van der Waals surface area contributed by atoms with E-state index in [0.29, 0.717) is 18.7 Å². The van der Waals surface area contributed by atoms with E-state index in [2.05, 4.69) is 17.9 Å². The second kappa shape index (κ2) is 6.67. The van der Waals surface area contributed by atoms with Gasteiger partial charge in [0.25, 0.3) is 0 Å². The Kier molecular flexibility index (Phi) is 4.45. The molecule has 1 atom stereocenters. The Labute approximate surface area is 135 Å². The molecule has 0 spiro atoms. The number of likely N-dealkylation sites (N-methyl/N-ethyl adjacent to an activating group) is 1. The zero-order valence-corrected chi connectivity index (χ0v) is 13.1. The van der Waals surface area contributed by atoms with Gasteiger partial charge in [0.15, 0.2) is 0 Å². The molecule has 23 heavy (non-hydrogen) atoms. The van der Waals surface area contributed by atoms with Crippen molar-refractivity contribution >= 4 is 11.6 Å². The van der Waals surface area contributed by atoms with Crippen LogP contribution in [0.2, 0.25) is 0 Å². The minimum absolute atomic E-state index is 0.106. The molecule has 0 aliphatic carbocycles. The lowest BCUT2D eigenvalue weighted by Gasteiger charge is -2.26. The molecule has 1 amide bonds. The first-order chi connectivity index (χ1) is 11.2. The van der Waals surface area contributed by atoms with Crippen molar-refractivity contribution in [2.24, 2.45) is 0 Å². The van der Waals surface area contributed by atoms with E-state index in [1.54, 1.807) is 24.7 Å². The highest BCUT2D eigenvalue weighted by atomic mass is 16.3. The van der Waals surface area contributed by atoms with E-state index in [1.807, 2.05) is 23.1 Å². The Balaban J connectivity index is 1.73. The van der Waals surface area contributed by atoms with Crippen LogP contribution in [0.3, 0.4) is 0 Å². The number of benzene rings is 1. The predicted molar refractivity (Wildman–Crippen MR) is 86.7 cm³/mol. The first-order valence-electron chi connectivity index (χ1n) is 7.79. The van der Waals surface area contributed by atoms with Gasteiger partial charge < -0.3 is 9.32 Å². The van der Waals surface area contributed by atoms with Crippen LogP contribution in [0.4, 0.5) is 5.69 Å². The highest BCUT2D eigenvalue weighted by Gasteiger charge is 2.36. The maximum Gasteiger partial charge on any atom is 0.244 e. The quantitative estimate of drug-likeness (QED) is 0.852. The van der Waals surface area contributed by atoms with Crippen molar-refractivity contribution in [3.05, 3.63) is 54.0 Å². The molecule has 3 rings (SSSR count). The van der Waals surface area contributed by atoms with Crippen LogP contribution in [0.5, 0.6) is 0 Å². The fourth-order valence-corrected chi connectivity index (χ4v) is 3.04. The summed E-state index contributed by atoms with van der Waals surface area (Å²) in [6.07, 6.45) is 4.19. The number of rotatable bonds is 5. The van der Waals surface area contributed by atoms with E-state index in [4.69, 9.17) is 9.68 Å². The number of amides is 1. The van der Waals surface area contributed by atoms with Crippen LogP contribution in [0.1, 0.15) is 24.5 Å². The fourth-order valence-electron chi connectivity index (χ4n) is 3.04. The lowest BCUT2D eigenvalue weighted by molar-refractivity contribution is -0.121. The normalized spacial score (nSPS) is 17.7. The summed E-state index contributed by atoms with van der Waals surface area (Å²) in [6, 6.07) is 11.1. The summed E-state index contributed by atoms with van der Waals surface area (Å²) < 4.78 is 5.11. The zero-order valence-electron chi connectivity index (χ0n) is 13.1. The van der Waals surface area contributed by atoms with Gasteiger partial charge in [-0.05, 0) is 43.3 Å². The van der Waals surface area contributed by atoms with Crippen molar-refractivity contribution in [2.45, 2.75) is 25.9 Å². The lowest BCUT2D eigenvalue weighted by Crippen LogP contribution is -2.41. The van der Waals surface area contributed by atoms with Crippen molar-refractivity contribution in [1.29, 1.82) is 5.26 Å². The molecule has 0 saturated carbocycles. The van der Waals surface area contributed by atoms with Crippen molar-refractivity contribution in [2.75, 3.05) is 18.0 Å². The van der Waals surface area contributed by atoms with Gasteiger partial charge in [0.05, 0.1) is 30.2 Å². The summed E-state index contributed by atoms with van der Waals surface area (Å²) in [6.45, 7) is 4.29. The van der Waals surface area contributed by atoms with Gasteiger partial charge in [-0.2, -0.15) is 5.26 Å². The van der Waals surface area contributed by atoms with Gasteiger partial charge in [-0.25, -0.2) is 0 Å². The van der Waals surface area contributed by atoms with E-state index in [0.717, 1.165) is 24.2 Å². The molecular formula is C18H19N3O2. The number of carbonyl (C=O) groups is 1. The average molecular weight is 309 g/mol. The summed E-state index contributed by atoms with van der Waals surface area (Å²) in [4.78, 5) is 16.8. The highest BCUT2D eigenvalue weighted by molar-refractivity contribution is 5.99. The number of nitriles is 1.